The second kappa shape index (κ2) is 4.99. The quantitative estimate of drug-likeness (QED) is 0.654. The number of rotatable bonds is 5. The summed E-state index contributed by atoms with van der Waals surface area (Å²) < 4.78 is 0. The molecule has 0 spiro atoms. The van der Waals surface area contributed by atoms with Crippen molar-refractivity contribution in [1.82, 2.24) is 5.32 Å². The number of carbonyl (C=O) groups excluding carboxylic acids is 1. The standard InChI is InChI=1S/C14H18N2O3/c1-3-10(2)15-13(17)14(8-9-14)11-4-6-12(7-5-11)16(18)19/h4-7,10H,3,8-9H2,1-2H3,(H,15,17)/t10-/m1/s1. The molecule has 0 aromatic heterocycles. The van der Waals surface area contributed by atoms with Gasteiger partial charge >= 0.3 is 0 Å². The predicted octanol–water partition coefficient (Wildman–Crippen LogP) is 2.54. The van der Waals surface area contributed by atoms with Gasteiger partial charge in [0.2, 0.25) is 5.91 Å². The zero-order valence-electron chi connectivity index (χ0n) is 11.2. The molecule has 1 aliphatic rings. The average Bonchev–Trinajstić information content (AvgIpc) is 3.20. The lowest BCUT2D eigenvalue weighted by Gasteiger charge is -2.19. The monoisotopic (exact) mass is 262 g/mol. The average molecular weight is 262 g/mol. The number of hydrogen-bond acceptors (Lipinski definition) is 3. The van der Waals surface area contributed by atoms with E-state index in [0.29, 0.717) is 0 Å². The van der Waals surface area contributed by atoms with E-state index >= 15 is 0 Å². The molecule has 5 nitrogen and oxygen atoms in total. The summed E-state index contributed by atoms with van der Waals surface area (Å²) in [5.41, 5.74) is 0.472. The number of non-ortho nitro benzene ring substituents is 1. The van der Waals surface area contributed by atoms with E-state index in [1.165, 1.54) is 12.1 Å². The highest BCUT2D eigenvalue weighted by Gasteiger charge is 2.51. The summed E-state index contributed by atoms with van der Waals surface area (Å²) in [7, 11) is 0. The first kappa shape index (κ1) is 13.5. The molecule has 102 valence electrons. The molecule has 19 heavy (non-hydrogen) atoms. The van der Waals surface area contributed by atoms with E-state index in [2.05, 4.69) is 5.32 Å². The highest BCUT2D eigenvalue weighted by atomic mass is 16.6. The highest BCUT2D eigenvalue weighted by molar-refractivity contribution is 5.91. The third-order valence-electron chi connectivity index (χ3n) is 3.81. The Hall–Kier alpha value is -1.91. The zero-order chi connectivity index (χ0) is 14.0. The molecule has 1 aromatic rings. The van der Waals surface area contributed by atoms with Crippen LogP contribution in [0.25, 0.3) is 0 Å². The molecule has 0 unspecified atom stereocenters. The van der Waals surface area contributed by atoms with Crippen molar-refractivity contribution in [1.29, 1.82) is 0 Å². The summed E-state index contributed by atoms with van der Waals surface area (Å²) in [5, 5.41) is 13.6. The Balaban J connectivity index is 2.16. The smallest absolute Gasteiger partial charge is 0.269 e. The van der Waals surface area contributed by atoms with E-state index < -0.39 is 10.3 Å². The largest absolute Gasteiger partial charge is 0.353 e. The fourth-order valence-corrected chi connectivity index (χ4v) is 2.14. The van der Waals surface area contributed by atoms with E-state index in [1.54, 1.807) is 12.1 Å². The summed E-state index contributed by atoms with van der Waals surface area (Å²) in [6.07, 6.45) is 2.52. The van der Waals surface area contributed by atoms with Gasteiger partial charge in [-0.25, -0.2) is 0 Å². The van der Waals surface area contributed by atoms with Crippen LogP contribution in [-0.4, -0.2) is 16.9 Å². The molecular formula is C14H18N2O3. The number of benzene rings is 1. The van der Waals surface area contributed by atoms with Crippen LogP contribution in [0.1, 0.15) is 38.7 Å². The minimum atomic E-state index is -0.460. The topological polar surface area (TPSA) is 72.2 Å². The lowest BCUT2D eigenvalue weighted by molar-refractivity contribution is -0.384. The van der Waals surface area contributed by atoms with Crippen LogP contribution in [0.4, 0.5) is 5.69 Å². The molecule has 0 bridgehead atoms. The van der Waals surface area contributed by atoms with Gasteiger partial charge in [0.05, 0.1) is 10.3 Å². The van der Waals surface area contributed by atoms with Gasteiger partial charge in [-0.05, 0) is 31.7 Å². The normalized spacial score (nSPS) is 17.6. The van der Waals surface area contributed by atoms with Crippen molar-refractivity contribution >= 4 is 11.6 Å². The Morgan fingerprint density at radius 2 is 2.00 bits per heavy atom. The number of nitro benzene ring substituents is 1. The van der Waals surface area contributed by atoms with Crippen molar-refractivity contribution in [3.05, 3.63) is 39.9 Å². The Morgan fingerprint density at radius 3 is 2.42 bits per heavy atom. The van der Waals surface area contributed by atoms with Crippen molar-refractivity contribution < 1.29 is 9.72 Å². The lowest BCUT2D eigenvalue weighted by Crippen LogP contribution is -2.39. The van der Waals surface area contributed by atoms with Crippen molar-refractivity contribution in [3.8, 4) is 0 Å². The molecule has 1 aromatic carbocycles. The molecule has 0 heterocycles. The summed E-state index contributed by atoms with van der Waals surface area (Å²) in [6, 6.07) is 6.48. The molecular weight excluding hydrogens is 244 g/mol. The SMILES string of the molecule is CC[C@@H](C)NC(=O)C1(c2ccc([N+](=O)[O-])cc2)CC1. The fraction of sp³-hybridized carbons (Fsp3) is 0.500. The second-order valence-electron chi connectivity index (χ2n) is 5.17. The maximum atomic E-state index is 12.3. The Kier molecular flexibility index (Phi) is 3.55. The van der Waals surface area contributed by atoms with Crippen LogP contribution >= 0.6 is 0 Å². The van der Waals surface area contributed by atoms with Gasteiger partial charge in [-0.2, -0.15) is 0 Å². The van der Waals surface area contributed by atoms with Gasteiger partial charge in [0.1, 0.15) is 0 Å². The summed E-state index contributed by atoms with van der Waals surface area (Å²) in [4.78, 5) is 22.5. The molecule has 5 heteroatoms. The molecule has 1 aliphatic carbocycles. The molecule has 1 atom stereocenters. The first-order chi connectivity index (χ1) is 8.99. The number of hydrogen-bond donors (Lipinski definition) is 1. The Bertz CT molecular complexity index is 492. The molecule has 1 fully saturated rings. The van der Waals surface area contributed by atoms with E-state index in [0.717, 1.165) is 24.8 Å². The van der Waals surface area contributed by atoms with Crippen LogP contribution < -0.4 is 5.32 Å². The molecule has 1 amide bonds. The third kappa shape index (κ3) is 2.59. The molecule has 0 saturated heterocycles. The van der Waals surface area contributed by atoms with Crippen molar-refractivity contribution in [3.63, 3.8) is 0 Å². The Morgan fingerprint density at radius 1 is 1.42 bits per heavy atom. The van der Waals surface area contributed by atoms with E-state index in [9.17, 15) is 14.9 Å². The number of nitro groups is 1. The van der Waals surface area contributed by atoms with Gasteiger partial charge in [0.15, 0.2) is 0 Å². The number of amides is 1. The minimum absolute atomic E-state index is 0.0377. The van der Waals surface area contributed by atoms with Crippen molar-refractivity contribution in [2.45, 2.75) is 44.6 Å². The van der Waals surface area contributed by atoms with Gasteiger partial charge in [0, 0.05) is 18.2 Å². The fourth-order valence-electron chi connectivity index (χ4n) is 2.14. The molecule has 0 radical (unpaired) electrons. The van der Waals surface area contributed by atoms with E-state index in [1.807, 2.05) is 13.8 Å². The number of carbonyl (C=O) groups is 1. The molecule has 0 aliphatic heterocycles. The van der Waals surface area contributed by atoms with Crippen LogP contribution in [-0.2, 0) is 10.2 Å². The van der Waals surface area contributed by atoms with E-state index in [4.69, 9.17) is 0 Å². The van der Waals surface area contributed by atoms with Crippen LogP contribution in [0.3, 0.4) is 0 Å². The summed E-state index contributed by atoms with van der Waals surface area (Å²) >= 11 is 0. The first-order valence-electron chi connectivity index (χ1n) is 6.55. The maximum Gasteiger partial charge on any atom is 0.269 e. The minimum Gasteiger partial charge on any atom is -0.353 e. The molecule has 1 N–H and O–H groups in total. The van der Waals surface area contributed by atoms with Crippen LogP contribution in [0, 0.1) is 10.1 Å². The Labute approximate surface area is 112 Å². The molecule has 1 saturated carbocycles. The number of nitrogens with zero attached hydrogens (tertiary/aromatic N) is 1. The highest BCUT2D eigenvalue weighted by Crippen LogP contribution is 2.48. The van der Waals surface area contributed by atoms with Crippen LogP contribution in [0.15, 0.2) is 24.3 Å². The van der Waals surface area contributed by atoms with Crippen LogP contribution in [0.2, 0.25) is 0 Å². The lowest BCUT2D eigenvalue weighted by atomic mass is 9.94. The van der Waals surface area contributed by atoms with Gasteiger partial charge in [-0.15, -0.1) is 0 Å². The van der Waals surface area contributed by atoms with Crippen molar-refractivity contribution in [2.24, 2.45) is 0 Å². The zero-order valence-corrected chi connectivity index (χ0v) is 11.2. The summed E-state index contributed by atoms with van der Waals surface area (Å²) in [6.45, 7) is 4.00. The summed E-state index contributed by atoms with van der Waals surface area (Å²) in [5.74, 6) is 0.0377. The van der Waals surface area contributed by atoms with Gasteiger partial charge in [-0.3, -0.25) is 14.9 Å². The van der Waals surface area contributed by atoms with E-state index in [-0.39, 0.29) is 17.6 Å². The first-order valence-corrected chi connectivity index (χ1v) is 6.55. The predicted molar refractivity (Wildman–Crippen MR) is 71.9 cm³/mol. The van der Waals surface area contributed by atoms with Gasteiger partial charge in [0.25, 0.3) is 5.69 Å². The third-order valence-corrected chi connectivity index (χ3v) is 3.81. The number of nitrogens with one attached hydrogen (secondary N) is 1. The second-order valence-corrected chi connectivity index (χ2v) is 5.17. The van der Waals surface area contributed by atoms with Gasteiger partial charge < -0.3 is 5.32 Å². The van der Waals surface area contributed by atoms with Crippen LogP contribution in [0.5, 0.6) is 0 Å². The van der Waals surface area contributed by atoms with Crippen molar-refractivity contribution in [2.75, 3.05) is 0 Å². The maximum absolute atomic E-state index is 12.3. The molecule has 2 rings (SSSR count). The van der Waals surface area contributed by atoms with Gasteiger partial charge in [-0.1, -0.05) is 19.1 Å².